The second-order valence-corrected chi connectivity index (χ2v) is 7.58. The standard InChI is InChI=1S/C16H20N2O4S/c1-7-8(2)23-6-11(7)14(19)17-18-15(20)12-9-3-4-10(5-9)13(12)16(21)22/h6,9-10,12-13H,3-5H2,1-2H3,(H,17,19)(H,18,20)(H,21,22)/t9-,10-,12+,13-/m0/s1. The molecule has 0 aliphatic heterocycles. The Labute approximate surface area is 138 Å². The topological polar surface area (TPSA) is 95.5 Å². The predicted octanol–water partition coefficient (Wildman–Crippen LogP) is 1.87. The van der Waals surface area contributed by atoms with Gasteiger partial charge in [-0.25, -0.2) is 0 Å². The van der Waals surface area contributed by atoms with Crippen LogP contribution in [0.3, 0.4) is 0 Å². The normalized spacial score (nSPS) is 28.6. The first kappa shape index (κ1) is 16.0. The minimum Gasteiger partial charge on any atom is -0.481 e. The summed E-state index contributed by atoms with van der Waals surface area (Å²) in [7, 11) is 0. The third-order valence-electron chi connectivity index (χ3n) is 5.33. The maximum Gasteiger partial charge on any atom is 0.307 e. The van der Waals surface area contributed by atoms with E-state index < -0.39 is 17.8 Å². The zero-order valence-corrected chi connectivity index (χ0v) is 13.9. The van der Waals surface area contributed by atoms with E-state index in [1.54, 1.807) is 5.38 Å². The molecule has 6 nitrogen and oxygen atoms in total. The molecule has 0 unspecified atom stereocenters. The molecule has 1 aromatic rings. The number of hydrogen-bond donors (Lipinski definition) is 3. The van der Waals surface area contributed by atoms with Crippen LogP contribution in [-0.2, 0) is 9.59 Å². The van der Waals surface area contributed by atoms with Crippen molar-refractivity contribution >= 4 is 29.1 Å². The molecule has 0 radical (unpaired) electrons. The Morgan fingerprint density at radius 1 is 1.13 bits per heavy atom. The van der Waals surface area contributed by atoms with Crippen molar-refractivity contribution in [1.82, 2.24) is 10.9 Å². The minimum atomic E-state index is -0.909. The summed E-state index contributed by atoms with van der Waals surface area (Å²) in [5.74, 6) is -2.63. The molecule has 23 heavy (non-hydrogen) atoms. The largest absolute Gasteiger partial charge is 0.481 e. The summed E-state index contributed by atoms with van der Waals surface area (Å²) >= 11 is 1.48. The van der Waals surface area contributed by atoms with Gasteiger partial charge in [0.1, 0.15) is 0 Å². The maximum absolute atomic E-state index is 12.4. The van der Waals surface area contributed by atoms with Gasteiger partial charge in [0.15, 0.2) is 0 Å². The highest BCUT2D eigenvalue weighted by atomic mass is 32.1. The van der Waals surface area contributed by atoms with Gasteiger partial charge in [-0.15, -0.1) is 11.3 Å². The molecule has 2 fully saturated rings. The molecule has 0 saturated heterocycles. The lowest BCUT2D eigenvalue weighted by atomic mass is 9.79. The summed E-state index contributed by atoms with van der Waals surface area (Å²) in [5.41, 5.74) is 6.29. The van der Waals surface area contributed by atoms with E-state index in [9.17, 15) is 19.5 Å². The van der Waals surface area contributed by atoms with Crippen LogP contribution in [-0.4, -0.2) is 22.9 Å². The minimum absolute atomic E-state index is 0.0886. The molecule has 3 rings (SSSR count). The molecular formula is C16H20N2O4S. The highest BCUT2D eigenvalue weighted by molar-refractivity contribution is 7.10. The molecule has 1 heterocycles. The second kappa shape index (κ2) is 5.96. The highest BCUT2D eigenvalue weighted by Crippen LogP contribution is 2.52. The Morgan fingerprint density at radius 3 is 2.35 bits per heavy atom. The van der Waals surface area contributed by atoms with Gasteiger partial charge in [0.2, 0.25) is 5.91 Å². The van der Waals surface area contributed by atoms with E-state index in [1.807, 2.05) is 13.8 Å². The Hall–Kier alpha value is -1.89. The average molecular weight is 336 g/mol. The van der Waals surface area contributed by atoms with Crippen LogP contribution in [0.15, 0.2) is 5.38 Å². The Kier molecular flexibility index (Phi) is 4.14. The first-order valence-corrected chi connectivity index (χ1v) is 8.65. The van der Waals surface area contributed by atoms with E-state index in [0.29, 0.717) is 5.56 Å². The van der Waals surface area contributed by atoms with E-state index in [0.717, 1.165) is 29.7 Å². The van der Waals surface area contributed by atoms with Crippen LogP contribution in [0.2, 0.25) is 0 Å². The van der Waals surface area contributed by atoms with Crippen molar-refractivity contribution in [1.29, 1.82) is 0 Å². The van der Waals surface area contributed by atoms with E-state index in [4.69, 9.17) is 0 Å². The van der Waals surface area contributed by atoms with Gasteiger partial charge in [0.05, 0.1) is 17.4 Å². The summed E-state index contributed by atoms with van der Waals surface area (Å²) in [6.45, 7) is 3.79. The summed E-state index contributed by atoms with van der Waals surface area (Å²) in [6, 6.07) is 0. The zero-order chi connectivity index (χ0) is 16.7. The van der Waals surface area contributed by atoms with Gasteiger partial charge in [-0.1, -0.05) is 0 Å². The van der Waals surface area contributed by atoms with Gasteiger partial charge in [-0.3, -0.25) is 25.2 Å². The zero-order valence-electron chi connectivity index (χ0n) is 13.1. The number of fused-ring (bicyclic) bond motifs is 2. The quantitative estimate of drug-likeness (QED) is 0.734. The molecule has 4 atom stereocenters. The van der Waals surface area contributed by atoms with Crippen LogP contribution >= 0.6 is 11.3 Å². The van der Waals surface area contributed by atoms with E-state index in [-0.39, 0.29) is 23.7 Å². The predicted molar refractivity (Wildman–Crippen MR) is 84.8 cm³/mol. The van der Waals surface area contributed by atoms with Gasteiger partial charge in [-0.05, 0) is 50.5 Å². The molecule has 124 valence electrons. The van der Waals surface area contributed by atoms with Crippen LogP contribution in [0.1, 0.15) is 40.1 Å². The van der Waals surface area contributed by atoms with Crippen molar-refractivity contribution in [2.24, 2.45) is 23.7 Å². The summed E-state index contributed by atoms with van der Waals surface area (Å²) in [6.07, 6.45) is 2.57. The van der Waals surface area contributed by atoms with Crippen LogP contribution in [0.4, 0.5) is 0 Å². The molecule has 0 aromatic carbocycles. The number of thiophene rings is 1. The number of carboxylic acid groups (broad SMARTS) is 1. The number of hydrazine groups is 1. The summed E-state index contributed by atoms with van der Waals surface area (Å²) in [4.78, 5) is 37.0. The molecule has 2 bridgehead atoms. The van der Waals surface area contributed by atoms with Crippen molar-refractivity contribution in [2.75, 3.05) is 0 Å². The third-order valence-corrected chi connectivity index (χ3v) is 6.35. The number of carboxylic acids is 1. The third kappa shape index (κ3) is 2.73. The van der Waals surface area contributed by atoms with Gasteiger partial charge >= 0.3 is 5.97 Å². The van der Waals surface area contributed by atoms with E-state index in [2.05, 4.69) is 10.9 Å². The van der Waals surface area contributed by atoms with Gasteiger partial charge in [-0.2, -0.15) is 0 Å². The number of amides is 2. The monoisotopic (exact) mass is 336 g/mol. The smallest absolute Gasteiger partial charge is 0.307 e. The molecule has 2 saturated carbocycles. The van der Waals surface area contributed by atoms with Crippen molar-refractivity contribution in [3.8, 4) is 0 Å². The highest BCUT2D eigenvalue weighted by Gasteiger charge is 2.54. The Morgan fingerprint density at radius 2 is 1.78 bits per heavy atom. The van der Waals surface area contributed by atoms with Crippen molar-refractivity contribution in [3.63, 3.8) is 0 Å². The number of aliphatic carboxylic acids is 1. The van der Waals surface area contributed by atoms with Crippen LogP contribution in [0.25, 0.3) is 0 Å². The molecule has 7 heteroatoms. The fourth-order valence-electron chi connectivity index (χ4n) is 4.03. The first-order chi connectivity index (χ1) is 10.9. The number of aryl methyl sites for hydroxylation is 1. The fourth-order valence-corrected chi connectivity index (χ4v) is 4.90. The molecule has 0 spiro atoms. The number of hydrogen-bond acceptors (Lipinski definition) is 4. The first-order valence-electron chi connectivity index (χ1n) is 7.77. The van der Waals surface area contributed by atoms with Gasteiger partial charge in [0.25, 0.3) is 5.91 Å². The maximum atomic E-state index is 12.4. The number of carbonyl (C=O) groups excluding carboxylic acids is 2. The Bertz CT molecular complexity index is 669. The van der Waals surface area contributed by atoms with Gasteiger partial charge < -0.3 is 5.11 Å². The van der Waals surface area contributed by atoms with Crippen molar-refractivity contribution in [3.05, 3.63) is 21.4 Å². The Balaban J connectivity index is 1.64. The lowest BCUT2D eigenvalue weighted by Gasteiger charge is -2.26. The van der Waals surface area contributed by atoms with Crippen LogP contribution in [0.5, 0.6) is 0 Å². The van der Waals surface area contributed by atoms with Crippen LogP contribution < -0.4 is 10.9 Å². The molecule has 2 aliphatic carbocycles. The molecule has 2 amide bonds. The number of rotatable bonds is 3. The van der Waals surface area contributed by atoms with E-state index >= 15 is 0 Å². The van der Waals surface area contributed by atoms with E-state index in [1.165, 1.54) is 11.3 Å². The average Bonchev–Trinajstić information content (AvgIpc) is 3.20. The summed E-state index contributed by atoms with van der Waals surface area (Å²) < 4.78 is 0. The molecule has 2 aliphatic rings. The molecule has 3 N–H and O–H groups in total. The van der Waals surface area contributed by atoms with Crippen molar-refractivity contribution < 1.29 is 19.5 Å². The summed E-state index contributed by atoms with van der Waals surface area (Å²) in [5, 5.41) is 11.1. The number of nitrogens with one attached hydrogen (secondary N) is 2. The van der Waals surface area contributed by atoms with Gasteiger partial charge in [0, 0.05) is 10.3 Å². The fraction of sp³-hybridized carbons (Fsp3) is 0.562. The second-order valence-electron chi connectivity index (χ2n) is 6.50. The number of carbonyl (C=O) groups is 3. The lowest BCUT2D eigenvalue weighted by molar-refractivity contribution is -0.149. The molecule has 1 aromatic heterocycles. The van der Waals surface area contributed by atoms with Crippen molar-refractivity contribution in [2.45, 2.75) is 33.1 Å². The SMILES string of the molecule is Cc1scc(C(=O)NNC(=O)[C@@H]2[C@H]3CC[C@@H](C3)[C@@H]2C(=O)O)c1C. The van der Waals surface area contributed by atoms with Crippen LogP contribution in [0, 0.1) is 37.5 Å². The molecular weight excluding hydrogens is 316 g/mol. The lowest BCUT2D eigenvalue weighted by Crippen LogP contribution is -2.48.